The van der Waals surface area contributed by atoms with Crippen molar-refractivity contribution in [1.82, 2.24) is 14.5 Å². The second-order valence-electron chi connectivity index (χ2n) is 4.78. The fourth-order valence-corrected chi connectivity index (χ4v) is 2.16. The number of nitrogens with zero attached hydrogens (tertiary/aromatic N) is 3. The Hall–Kier alpha value is -1.58. The van der Waals surface area contributed by atoms with Crippen LogP contribution in [-0.4, -0.2) is 14.5 Å². The number of hydrogen-bond acceptors (Lipinski definition) is 3. The summed E-state index contributed by atoms with van der Waals surface area (Å²) in [5.41, 5.74) is 8.46. The van der Waals surface area contributed by atoms with Gasteiger partial charge < -0.3 is 10.3 Å². The van der Waals surface area contributed by atoms with Crippen LogP contribution in [-0.2, 0) is 0 Å². The van der Waals surface area contributed by atoms with Gasteiger partial charge in [-0.25, -0.2) is 9.97 Å². The highest BCUT2D eigenvalue weighted by Crippen LogP contribution is 2.41. The molecule has 84 valence electrons. The molecule has 2 aromatic heterocycles. The van der Waals surface area contributed by atoms with Crippen molar-refractivity contribution in [2.24, 2.45) is 0 Å². The lowest BCUT2D eigenvalue weighted by molar-refractivity contribution is 0.581. The van der Waals surface area contributed by atoms with E-state index in [1.807, 2.05) is 6.07 Å². The summed E-state index contributed by atoms with van der Waals surface area (Å²) < 4.78 is 2.23. The van der Waals surface area contributed by atoms with Gasteiger partial charge in [-0.3, -0.25) is 0 Å². The van der Waals surface area contributed by atoms with Gasteiger partial charge in [-0.15, -0.1) is 0 Å². The van der Waals surface area contributed by atoms with E-state index in [1.165, 1.54) is 12.8 Å². The second-order valence-corrected chi connectivity index (χ2v) is 4.78. The number of anilines is 1. The van der Waals surface area contributed by atoms with Crippen LogP contribution in [0.2, 0.25) is 0 Å². The number of aromatic nitrogens is 3. The van der Waals surface area contributed by atoms with Crippen molar-refractivity contribution in [3.63, 3.8) is 0 Å². The molecule has 0 aromatic carbocycles. The maximum atomic E-state index is 5.94. The molecule has 0 amide bonds. The molecule has 0 unspecified atom stereocenters. The smallest absolute Gasteiger partial charge is 0.162 e. The van der Waals surface area contributed by atoms with Gasteiger partial charge in [-0.2, -0.15) is 0 Å². The summed E-state index contributed by atoms with van der Waals surface area (Å²) in [6.07, 6.45) is 4.25. The zero-order valence-electron chi connectivity index (χ0n) is 9.64. The third-order valence-corrected chi connectivity index (χ3v) is 3.10. The number of rotatable bonds is 2. The Bertz CT molecular complexity index is 537. The molecule has 0 bridgehead atoms. The first-order chi connectivity index (χ1) is 7.68. The molecule has 1 saturated carbocycles. The standard InChI is InChI=1S/C12H16N4/c1-7(2)16-11(8-3-4-8)15-10-9(13)5-6-14-12(10)16/h5-8H,3-4H2,1-2H3,(H2,13,14). The van der Waals surface area contributed by atoms with Crippen LogP contribution in [0.25, 0.3) is 11.2 Å². The van der Waals surface area contributed by atoms with Crippen LogP contribution in [0.1, 0.15) is 44.5 Å². The molecule has 0 radical (unpaired) electrons. The Balaban J connectivity index is 2.32. The van der Waals surface area contributed by atoms with Gasteiger partial charge in [0.1, 0.15) is 11.3 Å². The molecule has 16 heavy (non-hydrogen) atoms. The third kappa shape index (κ3) is 1.29. The van der Waals surface area contributed by atoms with Crippen LogP contribution < -0.4 is 5.73 Å². The van der Waals surface area contributed by atoms with Crippen molar-refractivity contribution < 1.29 is 0 Å². The van der Waals surface area contributed by atoms with Crippen molar-refractivity contribution in [1.29, 1.82) is 0 Å². The van der Waals surface area contributed by atoms with Crippen LogP contribution in [0.15, 0.2) is 12.3 Å². The first kappa shape index (κ1) is 9.63. The Morgan fingerprint density at radius 2 is 2.19 bits per heavy atom. The van der Waals surface area contributed by atoms with Gasteiger partial charge in [-0.1, -0.05) is 0 Å². The van der Waals surface area contributed by atoms with Crippen molar-refractivity contribution in [2.45, 2.75) is 38.6 Å². The predicted molar refractivity (Wildman–Crippen MR) is 64.3 cm³/mol. The average Bonchev–Trinajstić information content (AvgIpc) is 2.99. The van der Waals surface area contributed by atoms with Crippen molar-refractivity contribution >= 4 is 16.9 Å². The first-order valence-corrected chi connectivity index (χ1v) is 5.80. The van der Waals surface area contributed by atoms with Gasteiger partial charge in [0.25, 0.3) is 0 Å². The average molecular weight is 216 g/mol. The Kier molecular flexibility index (Phi) is 1.93. The number of nitrogen functional groups attached to an aromatic ring is 1. The second kappa shape index (κ2) is 3.20. The van der Waals surface area contributed by atoms with E-state index >= 15 is 0 Å². The highest BCUT2D eigenvalue weighted by atomic mass is 15.2. The van der Waals surface area contributed by atoms with Gasteiger partial charge in [0.2, 0.25) is 0 Å². The van der Waals surface area contributed by atoms with E-state index in [0.29, 0.717) is 12.0 Å². The fourth-order valence-electron chi connectivity index (χ4n) is 2.16. The molecule has 1 aliphatic carbocycles. The minimum Gasteiger partial charge on any atom is -0.397 e. The lowest BCUT2D eigenvalue weighted by Gasteiger charge is -2.11. The van der Waals surface area contributed by atoms with E-state index in [2.05, 4.69) is 28.4 Å². The number of imidazole rings is 1. The summed E-state index contributed by atoms with van der Waals surface area (Å²) in [5, 5.41) is 0. The molecule has 2 aromatic rings. The predicted octanol–water partition coefficient (Wildman–Crippen LogP) is 2.47. The van der Waals surface area contributed by atoms with Crippen LogP contribution in [0, 0.1) is 0 Å². The fraction of sp³-hybridized carbons (Fsp3) is 0.500. The van der Waals surface area contributed by atoms with E-state index in [9.17, 15) is 0 Å². The Morgan fingerprint density at radius 3 is 2.81 bits per heavy atom. The maximum absolute atomic E-state index is 5.94. The molecule has 2 heterocycles. The highest BCUT2D eigenvalue weighted by Gasteiger charge is 2.30. The topological polar surface area (TPSA) is 56.7 Å². The van der Waals surface area contributed by atoms with E-state index < -0.39 is 0 Å². The third-order valence-electron chi connectivity index (χ3n) is 3.10. The minimum absolute atomic E-state index is 0.384. The SMILES string of the molecule is CC(C)n1c(C2CC2)nc2c(N)ccnc21. The van der Waals surface area contributed by atoms with Crippen molar-refractivity contribution in [3.8, 4) is 0 Å². The molecule has 0 aliphatic heterocycles. The molecule has 0 atom stereocenters. The lowest BCUT2D eigenvalue weighted by atomic mass is 10.3. The number of hydrogen-bond donors (Lipinski definition) is 1. The van der Waals surface area contributed by atoms with Crippen LogP contribution in [0.3, 0.4) is 0 Å². The van der Waals surface area contributed by atoms with Gasteiger partial charge >= 0.3 is 0 Å². The normalized spacial score (nSPS) is 16.2. The zero-order valence-corrected chi connectivity index (χ0v) is 9.64. The van der Waals surface area contributed by atoms with E-state index in [1.54, 1.807) is 6.20 Å². The summed E-state index contributed by atoms with van der Waals surface area (Å²) in [7, 11) is 0. The summed E-state index contributed by atoms with van der Waals surface area (Å²) in [4.78, 5) is 9.09. The van der Waals surface area contributed by atoms with Crippen LogP contribution >= 0.6 is 0 Å². The molecule has 4 nitrogen and oxygen atoms in total. The van der Waals surface area contributed by atoms with E-state index in [-0.39, 0.29) is 0 Å². The van der Waals surface area contributed by atoms with Crippen LogP contribution in [0.5, 0.6) is 0 Å². The summed E-state index contributed by atoms with van der Waals surface area (Å²) in [6, 6.07) is 2.20. The summed E-state index contributed by atoms with van der Waals surface area (Å²) >= 11 is 0. The van der Waals surface area contributed by atoms with Gasteiger partial charge in [0.15, 0.2) is 5.65 Å². The largest absolute Gasteiger partial charge is 0.397 e. The maximum Gasteiger partial charge on any atom is 0.162 e. The molecule has 0 spiro atoms. The highest BCUT2D eigenvalue weighted by molar-refractivity contribution is 5.84. The van der Waals surface area contributed by atoms with Gasteiger partial charge in [0.05, 0.1) is 5.69 Å². The first-order valence-electron chi connectivity index (χ1n) is 5.80. The number of fused-ring (bicyclic) bond motifs is 1. The summed E-state index contributed by atoms with van der Waals surface area (Å²) in [5.74, 6) is 1.78. The zero-order chi connectivity index (χ0) is 11.3. The van der Waals surface area contributed by atoms with Crippen molar-refractivity contribution in [3.05, 3.63) is 18.1 Å². The molecule has 2 N–H and O–H groups in total. The Morgan fingerprint density at radius 1 is 1.44 bits per heavy atom. The van der Waals surface area contributed by atoms with Gasteiger partial charge in [-0.05, 0) is 32.8 Å². The molecular formula is C12H16N4. The molecule has 1 aliphatic rings. The molecule has 4 heteroatoms. The summed E-state index contributed by atoms with van der Waals surface area (Å²) in [6.45, 7) is 4.33. The monoisotopic (exact) mass is 216 g/mol. The van der Waals surface area contributed by atoms with E-state index in [4.69, 9.17) is 5.73 Å². The van der Waals surface area contributed by atoms with Gasteiger partial charge in [0, 0.05) is 18.2 Å². The number of nitrogens with two attached hydrogens (primary N) is 1. The number of pyridine rings is 1. The quantitative estimate of drug-likeness (QED) is 0.839. The molecule has 0 saturated heterocycles. The minimum atomic E-state index is 0.384. The molecular weight excluding hydrogens is 200 g/mol. The Labute approximate surface area is 94.5 Å². The molecule has 1 fully saturated rings. The van der Waals surface area contributed by atoms with Crippen LogP contribution in [0.4, 0.5) is 5.69 Å². The van der Waals surface area contributed by atoms with Crippen molar-refractivity contribution in [2.75, 3.05) is 5.73 Å². The van der Waals surface area contributed by atoms with E-state index in [0.717, 1.165) is 22.7 Å². The lowest BCUT2D eigenvalue weighted by Crippen LogP contribution is -2.06. The molecule has 3 rings (SSSR count).